The van der Waals surface area contributed by atoms with Crippen molar-refractivity contribution in [2.75, 3.05) is 0 Å². The van der Waals surface area contributed by atoms with E-state index < -0.39 is 14.5 Å². The van der Waals surface area contributed by atoms with E-state index in [9.17, 15) is 0 Å². The lowest BCUT2D eigenvalue weighted by Gasteiger charge is -2.31. The summed E-state index contributed by atoms with van der Waals surface area (Å²) in [5, 5.41) is 13.5. The second-order valence-electron chi connectivity index (χ2n) is 12.0. The molecule has 0 amide bonds. The van der Waals surface area contributed by atoms with Crippen LogP contribution in [0.1, 0.15) is 0 Å². The summed E-state index contributed by atoms with van der Waals surface area (Å²) in [7, 11) is -4.65. The highest BCUT2D eigenvalue weighted by Gasteiger charge is 2.52. The molecule has 49 heavy (non-hydrogen) atoms. The number of hydrogen-bond acceptors (Lipinski definition) is 0. The van der Waals surface area contributed by atoms with Crippen molar-refractivity contribution in [3.05, 3.63) is 218 Å². The number of fused-ring (bicyclic) bond motifs is 1. The predicted octanol–water partition coefficient (Wildman–Crippen LogP) is 8.66. The molecule has 0 N–H and O–H groups in total. The van der Waals surface area contributed by atoms with Crippen molar-refractivity contribution in [3.8, 4) is 0 Å². The van der Waals surface area contributed by atoms with Gasteiger partial charge in [-0.1, -0.05) is 133 Å². The van der Waals surface area contributed by atoms with Gasteiger partial charge in [0.05, 0.1) is 0 Å². The molecule has 0 spiro atoms. The second-order valence-corrected chi connectivity index (χ2v) is 18.7. The van der Waals surface area contributed by atoms with Gasteiger partial charge in [0.25, 0.3) is 0 Å². The van der Waals surface area contributed by atoms with Gasteiger partial charge in [0.2, 0.25) is 0 Å². The van der Waals surface area contributed by atoms with Crippen molar-refractivity contribution in [3.63, 3.8) is 0 Å². The zero-order chi connectivity index (χ0) is 32.2. The quantitative estimate of drug-likeness (QED) is 0.137. The molecule has 0 fully saturated rings. The molecule has 0 aliphatic rings. The van der Waals surface area contributed by atoms with E-state index in [4.69, 9.17) is 0 Å². The van der Waals surface area contributed by atoms with Crippen LogP contribution >= 0.6 is 31.5 Å². The number of rotatable bonds is 8. The molecule has 236 valence electrons. The fourth-order valence-corrected chi connectivity index (χ4v) is 16.4. The molecule has 0 nitrogen and oxygen atoms in total. The molecule has 0 unspecified atom stereocenters. The minimum absolute atomic E-state index is 0. The molecule has 0 aliphatic carbocycles. The van der Waals surface area contributed by atoms with Crippen LogP contribution in [0, 0.1) is 0 Å². The Hall–Kier alpha value is -4.64. The van der Waals surface area contributed by atoms with Gasteiger partial charge in [0, 0.05) is 10.8 Å². The Kier molecular flexibility index (Phi) is 9.70. The molecule has 0 bridgehead atoms. The van der Waals surface area contributed by atoms with Gasteiger partial charge >= 0.3 is 0 Å². The van der Waals surface area contributed by atoms with Crippen molar-refractivity contribution in [1.29, 1.82) is 0 Å². The van der Waals surface area contributed by atoms with Crippen molar-refractivity contribution < 1.29 is 0 Å². The molecule has 8 aromatic carbocycles. The van der Waals surface area contributed by atoms with Crippen LogP contribution in [0.25, 0.3) is 10.8 Å². The van der Waals surface area contributed by atoms with Crippen LogP contribution in [0.15, 0.2) is 218 Å². The summed E-state index contributed by atoms with van der Waals surface area (Å²) < 4.78 is 0. The molecule has 0 aromatic heterocycles. The first kappa shape index (κ1) is 32.9. The Labute approximate surface area is 301 Å². The maximum Gasteiger partial charge on any atom is 0.144 e. The van der Waals surface area contributed by atoms with Crippen LogP contribution in [0.4, 0.5) is 0 Å². The highest BCUT2D eigenvalue weighted by molar-refractivity contribution is 8.93. The molecule has 0 saturated carbocycles. The van der Waals surface area contributed by atoms with Gasteiger partial charge in [-0.25, -0.2) is 0 Å². The smallest absolute Gasteiger partial charge is 0.114 e. The van der Waals surface area contributed by atoms with Gasteiger partial charge in [-0.15, -0.1) is 17.0 Å². The average Bonchev–Trinajstić information content (AvgIpc) is 3.18. The van der Waals surface area contributed by atoms with Crippen molar-refractivity contribution in [2.24, 2.45) is 0 Å². The zero-order valence-electron chi connectivity index (χ0n) is 27.1. The first-order chi connectivity index (χ1) is 23.8. The number of halogens is 1. The Balaban J connectivity index is 0.00000378. The molecular weight excluding hydrogens is 694 g/mol. The van der Waals surface area contributed by atoms with Gasteiger partial charge in [0.1, 0.15) is 57.0 Å². The molecule has 8 aromatic rings. The molecule has 0 aliphatic heterocycles. The normalized spacial score (nSPS) is 11.5. The molecule has 3 heteroatoms. The first-order valence-electron chi connectivity index (χ1n) is 16.5. The van der Waals surface area contributed by atoms with E-state index in [0.717, 1.165) is 0 Å². The third kappa shape index (κ3) is 5.57. The summed E-state index contributed by atoms with van der Waals surface area (Å²) in [4.78, 5) is 0. The van der Waals surface area contributed by atoms with E-state index in [1.165, 1.54) is 53.2 Å². The van der Waals surface area contributed by atoms with Crippen LogP contribution in [0.2, 0.25) is 0 Å². The minimum Gasteiger partial charge on any atom is -0.114 e. The zero-order valence-corrected chi connectivity index (χ0v) is 30.6. The molecule has 0 heterocycles. The summed E-state index contributed by atoms with van der Waals surface area (Å²) in [6.07, 6.45) is 0. The van der Waals surface area contributed by atoms with Crippen LogP contribution < -0.4 is 42.4 Å². The topological polar surface area (TPSA) is 0 Å². The van der Waals surface area contributed by atoms with Gasteiger partial charge in [-0.05, 0) is 84.9 Å². The standard InChI is InChI=1S/C46H36P2.BrH/c1-7-21-37(22-8-1)47(38-23-9-2-10-24-38,39-25-11-3-12-26-39)45-35-36-46(44-34-20-19-33-43(44)45)48(40-27-13-4-14-28-40,41-29-15-5-16-30-41)42-31-17-6-18-32-42;/h1-36H;1H/q+2;. The Morgan fingerprint density at radius 1 is 0.204 bits per heavy atom. The van der Waals surface area contributed by atoms with Gasteiger partial charge < -0.3 is 0 Å². The fourth-order valence-electron chi connectivity index (χ4n) is 7.49. The highest BCUT2D eigenvalue weighted by Crippen LogP contribution is 2.58. The first-order valence-corrected chi connectivity index (χ1v) is 20.1. The summed E-state index contributed by atoms with van der Waals surface area (Å²) >= 11 is 0. The lowest BCUT2D eigenvalue weighted by molar-refractivity contribution is 1.71. The van der Waals surface area contributed by atoms with E-state index in [1.54, 1.807) is 0 Å². The SMILES string of the molecule is Br.c1ccc([P+](c2ccccc2)(c2ccccc2)c2ccc([P+](c3ccccc3)(c3ccccc3)c3ccccc3)c3ccccc23)cc1. The van der Waals surface area contributed by atoms with Gasteiger partial charge in [-0.2, -0.15) is 0 Å². The Morgan fingerprint density at radius 2 is 0.388 bits per heavy atom. The maximum atomic E-state index is 2.49. The van der Waals surface area contributed by atoms with Crippen LogP contribution in [-0.4, -0.2) is 0 Å². The molecule has 0 radical (unpaired) electrons. The lowest BCUT2D eigenvalue weighted by Crippen LogP contribution is -2.41. The summed E-state index contributed by atoms with van der Waals surface area (Å²) in [6.45, 7) is 0. The van der Waals surface area contributed by atoms with Crippen LogP contribution in [0.3, 0.4) is 0 Å². The van der Waals surface area contributed by atoms with Gasteiger partial charge in [0.15, 0.2) is 0 Å². The van der Waals surface area contributed by atoms with E-state index >= 15 is 0 Å². The molecule has 8 rings (SSSR count). The van der Waals surface area contributed by atoms with E-state index in [0.29, 0.717) is 0 Å². The van der Waals surface area contributed by atoms with E-state index in [-0.39, 0.29) is 17.0 Å². The summed E-state index contributed by atoms with van der Waals surface area (Å²) in [6, 6.07) is 81.4. The van der Waals surface area contributed by atoms with E-state index in [1.807, 2.05) is 0 Å². The third-order valence-corrected chi connectivity index (χ3v) is 18.1. The predicted molar refractivity (Wildman–Crippen MR) is 224 cm³/mol. The summed E-state index contributed by atoms with van der Waals surface area (Å²) in [5.74, 6) is 0. The van der Waals surface area contributed by atoms with Crippen LogP contribution in [-0.2, 0) is 0 Å². The highest BCUT2D eigenvalue weighted by atomic mass is 79.9. The van der Waals surface area contributed by atoms with Crippen LogP contribution in [0.5, 0.6) is 0 Å². The van der Waals surface area contributed by atoms with E-state index in [2.05, 4.69) is 218 Å². The molecule has 0 saturated heterocycles. The van der Waals surface area contributed by atoms with Crippen molar-refractivity contribution >= 4 is 84.7 Å². The monoisotopic (exact) mass is 730 g/mol. The number of benzene rings is 8. The number of hydrogen-bond donors (Lipinski definition) is 0. The van der Waals surface area contributed by atoms with Crippen molar-refractivity contribution in [1.82, 2.24) is 0 Å². The average molecular weight is 732 g/mol. The van der Waals surface area contributed by atoms with Crippen molar-refractivity contribution in [2.45, 2.75) is 0 Å². The largest absolute Gasteiger partial charge is 0.144 e. The fraction of sp³-hybridized carbons (Fsp3) is 0. The third-order valence-electron chi connectivity index (χ3n) is 9.46. The molecular formula is C46H37BrP2+2. The van der Waals surface area contributed by atoms with Gasteiger partial charge in [-0.3, -0.25) is 0 Å². The Bertz CT molecular complexity index is 1900. The lowest BCUT2D eigenvalue weighted by atomic mass is 10.1. The maximum absolute atomic E-state index is 2.49. The summed E-state index contributed by atoms with van der Waals surface area (Å²) in [5.41, 5.74) is 0. The molecule has 0 atom stereocenters. The second kappa shape index (κ2) is 14.5. The minimum atomic E-state index is -2.33. The Morgan fingerprint density at radius 3 is 0.592 bits per heavy atom.